The number of anilines is 2. The van der Waals surface area contributed by atoms with E-state index in [1.807, 2.05) is 18.9 Å². The number of hydrogen-bond acceptors (Lipinski definition) is 5. The Morgan fingerprint density at radius 3 is 2.48 bits per heavy atom. The zero-order valence-electron chi connectivity index (χ0n) is 13.1. The molecule has 7 heteroatoms. The van der Waals surface area contributed by atoms with Gasteiger partial charge in [-0.3, -0.25) is 9.59 Å². The van der Waals surface area contributed by atoms with Crippen LogP contribution in [0.25, 0.3) is 0 Å². The van der Waals surface area contributed by atoms with E-state index >= 15 is 0 Å². The minimum Gasteiger partial charge on any atom is -0.397 e. The van der Waals surface area contributed by atoms with Crippen molar-refractivity contribution in [3.8, 4) is 0 Å². The van der Waals surface area contributed by atoms with Crippen molar-refractivity contribution in [3.63, 3.8) is 0 Å². The predicted octanol–water partition coefficient (Wildman–Crippen LogP) is 1.68. The van der Waals surface area contributed by atoms with E-state index in [1.54, 1.807) is 7.05 Å². The van der Waals surface area contributed by atoms with Crippen molar-refractivity contribution in [1.29, 1.82) is 0 Å². The number of nitrogens with zero attached hydrogens (tertiary/aromatic N) is 1. The molecule has 1 heterocycles. The summed E-state index contributed by atoms with van der Waals surface area (Å²) in [7, 11) is 3.47. The quantitative estimate of drug-likeness (QED) is 0.715. The van der Waals surface area contributed by atoms with Crippen LogP contribution in [-0.2, 0) is 0 Å². The fraction of sp³-hybridized carbons (Fsp3) is 0.571. The molecule has 0 saturated heterocycles. The zero-order valence-corrected chi connectivity index (χ0v) is 13.9. The first-order valence-electron chi connectivity index (χ1n) is 7.11. The Hall–Kier alpha value is -1.76. The van der Waals surface area contributed by atoms with E-state index in [0.29, 0.717) is 17.0 Å². The molecule has 0 unspecified atom stereocenters. The van der Waals surface area contributed by atoms with Crippen LogP contribution in [-0.4, -0.2) is 39.0 Å². The van der Waals surface area contributed by atoms with Gasteiger partial charge >= 0.3 is 0 Å². The Labute approximate surface area is 129 Å². The third-order valence-corrected chi connectivity index (χ3v) is 4.44. The average molecular weight is 312 g/mol. The molecule has 0 fully saturated rings. The van der Waals surface area contributed by atoms with Gasteiger partial charge in [-0.25, -0.2) is 0 Å². The summed E-state index contributed by atoms with van der Waals surface area (Å²) in [4.78, 5) is 26.5. The molecule has 0 aliphatic rings. The lowest BCUT2D eigenvalue weighted by molar-refractivity contribution is 0.0959. The highest BCUT2D eigenvalue weighted by Crippen LogP contribution is 2.37. The maximum atomic E-state index is 12.1. The maximum absolute atomic E-state index is 12.1. The molecule has 0 aliphatic carbocycles. The summed E-state index contributed by atoms with van der Waals surface area (Å²) < 4.78 is 0. The molecular formula is C14H24N4O2S. The maximum Gasteiger partial charge on any atom is 0.263 e. The smallest absolute Gasteiger partial charge is 0.263 e. The monoisotopic (exact) mass is 312 g/mol. The van der Waals surface area contributed by atoms with E-state index in [0.717, 1.165) is 24.4 Å². The lowest BCUT2D eigenvalue weighted by Crippen LogP contribution is -2.25. The summed E-state index contributed by atoms with van der Waals surface area (Å²) in [6, 6.07) is 0. The fourth-order valence-corrected chi connectivity index (χ4v) is 3.07. The summed E-state index contributed by atoms with van der Waals surface area (Å²) in [6.45, 7) is 5.29. The van der Waals surface area contributed by atoms with Crippen molar-refractivity contribution < 1.29 is 9.59 Å². The molecule has 0 spiro atoms. The molecule has 1 rings (SSSR count). The first-order chi connectivity index (χ1) is 9.97. The molecular weight excluding hydrogens is 288 g/mol. The highest BCUT2D eigenvalue weighted by atomic mass is 32.1. The second-order valence-corrected chi connectivity index (χ2v) is 5.74. The normalized spacial score (nSPS) is 10.3. The van der Waals surface area contributed by atoms with Crippen molar-refractivity contribution in [2.45, 2.75) is 26.7 Å². The van der Waals surface area contributed by atoms with Crippen molar-refractivity contribution in [3.05, 3.63) is 10.4 Å². The van der Waals surface area contributed by atoms with Gasteiger partial charge in [0.15, 0.2) is 0 Å². The largest absolute Gasteiger partial charge is 0.397 e. The third kappa shape index (κ3) is 3.87. The van der Waals surface area contributed by atoms with Gasteiger partial charge in [0.2, 0.25) is 0 Å². The van der Waals surface area contributed by atoms with Crippen LogP contribution in [0.1, 0.15) is 46.7 Å². The second-order valence-electron chi connectivity index (χ2n) is 4.74. The number of rotatable bonds is 7. The topological polar surface area (TPSA) is 87.5 Å². The lowest BCUT2D eigenvalue weighted by atomic mass is 10.2. The van der Waals surface area contributed by atoms with Crippen LogP contribution in [0.4, 0.5) is 10.7 Å². The fourth-order valence-electron chi connectivity index (χ4n) is 1.95. The van der Waals surface area contributed by atoms with Gasteiger partial charge in [-0.1, -0.05) is 13.3 Å². The SMILES string of the molecule is CCCCN(C)c1sc(C(=O)NCC)c(N)c1C(=O)NC. The van der Waals surface area contributed by atoms with Crippen LogP contribution < -0.4 is 21.3 Å². The molecule has 0 atom stereocenters. The Balaban J connectivity index is 3.24. The van der Waals surface area contributed by atoms with Crippen LogP contribution in [0.5, 0.6) is 0 Å². The van der Waals surface area contributed by atoms with E-state index in [9.17, 15) is 9.59 Å². The number of amides is 2. The van der Waals surface area contributed by atoms with Crippen molar-refractivity contribution in [2.24, 2.45) is 0 Å². The summed E-state index contributed by atoms with van der Waals surface area (Å²) in [5.41, 5.74) is 6.68. The van der Waals surface area contributed by atoms with E-state index in [2.05, 4.69) is 17.6 Å². The number of nitrogens with two attached hydrogens (primary N) is 1. The summed E-state index contributed by atoms with van der Waals surface area (Å²) in [5, 5.41) is 6.05. The van der Waals surface area contributed by atoms with E-state index in [1.165, 1.54) is 11.3 Å². The van der Waals surface area contributed by atoms with Crippen LogP contribution >= 0.6 is 11.3 Å². The van der Waals surface area contributed by atoms with Gasteiger partial charge in [-0.05, 0) is 13.3 Å². The highest BCUT2D eigenvalue weighted by molar-refractivity contribution is 7.19. The van der Waals surface area contributed by atoms with Gasteiger partial charge in [0, 0.05) is 27.2 Å². The number of hydrogen-bond donors (Lipinski definition) is 3. The Morgan fingerprint density at radius 2 is 1.95 bits per heavy atom. The molecule has 0 aromatic carbocycles. The summed E-state index contributed by atoms with van der Waals surface area (Å²) >= 11 is 1.26. The van der Waals surface area contributed by atoms with Gasteiger partial charge in [0.05, 0.1) is 11.3 Å². The van der Waals surface area contributed by atoms with Gasteiger partial charge < -0.3 is 21.3 Å². The molecule has 0 bridgehead atoms. The van der Waals surface area contributed by atoms with E-state index < -0.39 is 0 Å². The van der Waals surface area contributed by atoms with Gasteiger partial charge in [-0.2, -0.15) is 0 Å². The first kappa shape index (κ1) is 17.3. The van der Waals surface area contributed by atoms with Gasteiger partial charge in [0.25, 0.3) is 11.8 Å². The molecule has 1 aromatic heterocycles. The van der Waals surface area contributed by atoms with Gasteiger partial charge in [-0.15, -0.1) is 11.3 Å². The molecule has 118 valence electrons. The molecule has 2 amide bonds. The number of nitrogens with one attached hydrogen (secondary N) is 2. The minimum atomic E-state index is -0.266. The molecule has 4 N–H and O–H groups in total. The molecule has 0 aliphatic heterocycles. The predicted molar refractivity (Wildman–Crippen MR) is 88.3 cm³/mol. The van der Waals surface area contributed by atoms with Crippen molar-refractivity contribution in [1.82, 2.24) is 10.6 Å². The molecule has 1 aromatic rings. The third-order valence-electron chi connectivity index (χ3n) is 3.12. The molecule has 0 radical (unpaired) electrons. The van der Waals surface area contributed by atoms with Crippen molar-refractivity contribution in [2.75, 3.05) is 37.8 Å². The van der Waals surface area contributed by atoms with Crippen LogP contribution in [0.15, 0.2) is 0 Å². The van der Waals surface area contributed by atoms with E-state index in [-0.39, 0.29) is 17.5 Å². The number of carbonyl (C=O) groups excluding carboxylic acids is 2. The standard InChI is InChI=1S/C14H24N4O2S/c1-5-7-8-18(4)14-9(12(19)16-3)10(15)11(21-14)13(20)17-6-2/h5-8,15H2,1-4H3,(H,16,19)(H,17,20). The number of carbonyl (C=O) groups is 2. The Bertz CT molecular complexity index is 513. The highest BCUT2D eigenvalue weighted by Gasteiger charge is 2.26. The first-order valence-corrected chi connectivity index (χ1v) is 7.93. The number of nitrogen functional groups attached to an aromatic ring is 1. The van der Waals surface area contributed by atoms with Crippen LogP contribution in [0.2, 0.25) is 0 Å². The Kier molecular flexibility index (Phi) is 6.48. The van der Waals surface area contributed by atoms with Gasteiger partial charge in [0.1, 0.15) is 9.88 Å². The number of thiophene rings is 1. The zero-order chi connectivity index (χ0) is 16.0. The minimum absolute atomic E-state index is 0.236. The Morgan fingerprint density at radius 1 is 1.29 bits per heavy atom. The molecule has 6 nitrogen and oxygen atoms in total. The van der Waals surface area contributed by atoms with E-state index in [4.69, 9.17) is 5.73 Å². The molecule has 21 heavy (non-hydrogen) atoms. The lowest BCUT2D eigenvalue weighted by Gasteiger charge is -2.18. The average Bonchev–Trinajstić information content (AvgIpc) is 2.82. The van der Waals surface area contributed by atoms with Crippen LogP contribution in [0, 0.1) is 0 Å². The van der Waals surface area contributed by atoms with Crippen molar-refractivity contribution >= 4 is 33.8 Å². The second kappa shape index (κ2) is 7.87. The summed E-state index contributed by atoms with van der Waals surface area (Å²) in [6.07, 6.45) is 2.07. The van der Waals surface area contributed by atoms with Crippen LogP contribution in [0.3, 0.4) is 0 Å². The summed E-state index contributed by atoms with van der Waals surface area (Å²) in [5.74, 6) is -0.502. The molecule has 0 saturated carbocycles. The number of unbranched alkanes of at least 4 members (excludes halogenated alkanes) is 1.